The van der Waals surface area contributed by atoms with Crippen LogP contribution in [0, 0.1) is 0 Å². The first kappa shape index (κ1) is 25.2. The number of nitrogens with one attached hydrogen (secondary N) is 3. The van der Waals surface area contributed by atoms with Gasteiger partial charge in [-0.25, -0.2) is 4.98 Å². The molecule has 2 aliphatic rings. The first-order chi connectivity index (χ1) is 17.9. The van der Waals surface area contributed by atoms with E-state index >= 15 is 0 Å². The molecule has 2 fully saturated rings. The van der Waals surface area contributed by atoms with Gasteiger partial charge in [0.15, 0.2) is 5.65 Å². The Kier molecular flexibility index (Phi) is 7.16. The molecule has 3 aromatic heterocycles. The zero-order chi connectivity index (χ0) is 26.0. The van der Waals surface area contributed by atoms with Crippen LogP contribution in [0.4, 0.5) is 17.3 Å². The summed E-state index contributed by atoms with van der Waals surface area (Å²) in [4.78, 5) is 31.2. The number of amides is 1. The van der Waals surface area contributed by atoms with Crippen LogP contribution < -0.4 is 21.5 Å². The van der Waals surface area contributed by atoms with Crippen molar-refractivity contribution in [2.45, 2.75) is 63.1 Å². The summed E-state index contributed by atoms with van der Waals surface area (Å²) in [5, 5.41) is 13.8. The molecule has 1 aliphatic heterocycles. The zero-order valence-electron chi connectivity index (χ0n) is 21.6. The van der Waals surface area contributed by atoms with Gasteiger partial charge in [-0.2, -0.15) is 9.61 Å². The van der Waals surface area contributed by atoms with Crippen LogP contribution >= 0.6 is 0 Å². The maximum absolute atomic E-state index is 13.3. The fourth-order valence-electron chi connectivity index (χ4n) is 5.36. The first-order valence-electron chi connectivity index (χ1n) is 12.9. The Morgan fingerprint density at radius 2 is 2.16 bits per heavy atom. The molecule has 37 heavy (non-hydrogen) atoms. The van der Waals surface area contributed by atoms with Gasteiger partial charge in [-0.15, -0.1) is 0 Å². The molecule has 0 spiro atoms. The third-order valence-electron chi connectivity index (χ3n) is 7.50. The molecule has 1 unspecified atom stereocenters. The minimum absolute atomic E-state index is 0.0104. The molecular formula is C26H35N7O4. The van der Waals surface area contributed by atoms with Crippen molar-refractivity contribution in [2.75, 3.05) is 38.0 Å². The fraction of sp³-hybridized carbons (Fsp3) is 0.538. The van der Waals surface area contributed by atoms with Gasteiger partial charge in [0.1, 0.15) is 22.9 Å². The Bertz CT molecular complexity index is 1330. The standard InChI is InChI=1S/C26H35N7O4/c1-26(36-3)10-4-7-17(14-26)29-24(34)19-15-28-33-22(27-2)13-21(31-23(19)33)30-20-9-5-11-32(25(20)35)18-8-6-12-37-16-18/h5,9,11,13,15,17-18,27H,4,6-8,10,12,14,16H2,1-3H3,(H,29,34)(H,30,31)/t17-,18?,26-/m1/s1. The van der Waals surface area contributed by atoms with E-state index < -0.39 is 0 Å². The van der Waals surface area contributed by atoms with Crippen molar-refractivity contribution >= 4 is 28.9 Å². The van der Waals surface area contributed by atoms with Crippen LogP contribution in [0.3, 0.4) is 0 Å². The lowest BCUT2D eigenvalue weighted by atomic mass is 9.83. The van der Waals surface area contributed by atoms with Crippen molar-refractivity contribution < 1.29 is 14.3 Å². The van der Waals surface area contributed by atoms with Crippen molar-refractivity contribution in [2.24, 2.45) is 0 Å². The highest BCUT2D eigenvalue weighted by Gasteiger charge is 2.33. The van der Waals surface area contributed by atoms with Crippen LogP contribution in [0.25, 0.3) is 5.65 Å². The molecule has 0 aromatic carbocycles. The lowest BCUT2D eigenvalue weighted by Crippen LogP contribution is -2.45. The number of hydrogen-bond donors (Lipinski definition) is 3. The summed E-state index contributed by atoms with van der Waals surface area (Å²) in [6.07, 6.45) is 8.76. The third kappa shape index (κ3) is 5.19. The average molecular weight is 510 g/mol. The van der Waals surface area contributed by atoms with Gasteiger partial charge in [0.05, 0.1) is 24.4 Å². The third-order valence-corrected chi connectivity index (χ3v) is 7.50. The predicted octanol–water partition coefficient (Wildman–Crippen LogP) is 3.11. The summed E-state index contributed by atoms with van der Waals surface area (Å²) in [6, 6.07) is 5.35. The number of rotatable bonds is 7. The Morgan fingerprint density at radius 3 is 2.92 bits per heavy atom. The Labute approximate surface area is 215 Å². The molecule has 3 atom stereocenters. The van der Waals surface area contributed by atoms with Crippen LogP contribution in [-0.2, 0) is 9.47 Å². The molecule has 11 heteroatoms. The number of carbonyl (C=O) groups excluding carboxylic acids is 1. The lowest BCUT2D eigenvalue weighted by Gasteiger charge is -2.37. The van der Waals surface area contributed by atoms with E-state index in [0.717, 1.165) is 45.1 Å². The molecule has 4 heterocycles. The second-order valence-electron chi connectivity index (χ2n) is 10.1. The summed E-state index contributed by atoms with van der Waals surface area (Å²) in [7, 11) is 3.49. The van der Waals surface area contributed by atoms with Gasteiger partial charge in [0.25, 0.3) is 11.5 Å². The van der Waals surface area contributed by atoms with E-state index in [-0.39, 0.29) is 29.2 Å². The Hall–Kier alpha value is -3.44. The molecule has 11 nitrogen and oxygen atoms in total. The van der Waals surface area contributed by atoms with Gasteiger partial charge in [-0.05, 0) is 57.6 Å². The number of hydrogen-bond acceptors (Lipinski definition) is 8. The normalized spacial score (nSPS) is 24.1. The van der Waals surface area contributed by atoms with Gasteiger partial charge in [-0.3, -0.25) is 9.59 Å². The van der Waals surface area contributed by atoms with Crippen LogP contribution in [-0.4, -0.2) is 64.1 Å². The van der Waals surface area contributed by atoms with E-state index in [2.05, 4.69) is 33.0 Å². The lowest BCUT2D eigenvalue weighted by molar-refractivity contribution is -0.0314. The summed E-state index contributed by atoms with van der Waals surface area (Å²) < 4.78 is 14.6. The van der Waals surface area contributed by atoms with E-state index in [4.69, 9.17) is 9.47 Å². The van der Waals surface area contributed by atoms with E-state index in [9.17, 15) is 9.59 Å². The molecule has 3 N–H and O–H groups in total. The van der Waals surface area contributed by atoms with Crippen LogP contribution in [0.2, 0.25) is 0 Å². The van der Waals surface area contributed by atoms with Crippen LogP contribution in [0.1, 0.15) is 61.8 Å². The second-order valence-corrected chi connectivity index (χ2v) is 10.1. The van der Waals surface area contributed by atoms with Gasteiger partial charge in [0, 0.05) is 39.1 Å². The number of methoxy groups -OCH3 is 1. The Balaban J connectivity index is 1.42. The average Bonchev–Trinajstić information content (AvgIpc) is 3.34. The van der Waals surface area contributed by atoms with Gasteiger partial charge >= 0.3 is 0 Å². The van der Waals surface area contributed by atoms with E-state index in [1.54, 1.807) is 41.6 Å². The van der Waals surface area contributed by atoms with E-state index in [1.807, 2.05) is 6.07 Å². The smallest absolute Gasteiger partial charge is 0.274 e. The molecule has 198 valence electrons. The van der Waals surface area contributed by atoms with Gasteiger partial charge in [-0.1, -0.05) is 0 Å². The number of anilines is 3. The number of ether oxygens (including phenoxy) is 2. The van der Waals surface area contributed by atoms with Crippen molar-refractivity contribution in [3.8, 4) is 0 Å². The number of fused-ring (bicyclic) bond motifs is 1. The highest BCUT2D eigenvalue weighted by molar-refractivity contribution is 6.00. The number of pyridine rings is 1. The monoisotopic (exact) mass is 509 g/mol. The molecule has 0 radical (unpaired) electrons. The fourth-order valence-corrected chi connectivity index (χ4v) is 5.36. The molecule has 0 bridgehead atoms. The second kappa shape index (κ2) is 10.5. The summed E-state index contributed by atoms with van der Waals surface area (Å²) in [6.45, 7) is 3.34. The molecule has 3 aromatic rings. The van der Waals surface area contributed by atoms with E-state index in [0.29, 0.717) is 35.1 Å². The molecule has 1 saturated heterocycles. The van der Waals surface area contributed by atoms with E-state index in [1.165, 1.54) is 6.20 Å². The van der Waals surface area contributed by atoms with Crippen molar-refractivity contribution in [1.29, 1.82) is 0 Å². The maximum atomic E-state index is 13.3. The molecule has 1 aliphatic carbocycles. The molecule has 1 amide bonds. The van der Waals surface area contributed by atoms with Crippen molar-refractivity contribution in [3.05, 3.63) is 46.5 Å². The summed E-state index contributed by atoms with van der Waals surface area (Å²) in [5.41, 5.74) is 0.788. The number of aromatic nitrogens is 4. The predicted molar refractivity (Wildman–Crippen MR) is 141 cm³/mol. The highest BCUT2D eigenvalue weighted by atomic mass is 16.5. The van der Waals surface area contributed by atoms with Gasteiger partial charge < -0.3 is 30.0 Å². The SMILES string of the molecule is CNc1cc(Nc2cccn(C3CCCOC3)c2=O)nc2c(C(=O)N[C@@H]3CCC[C@@](C)(OC)C3)cnn12. The number of carbonyl (C=O) groups is 1. The van der Waals surface area contributed by atoms with Crippen molar-refractivity contribution in [3.63, 3.8) is 0 Å². The first-order valence-corrected chi connectivity index (χ1v) is 12.9. The number of nitrogens with zero attached hydrogens (tertiary/aromatic N) is 4. The van der Waals surface area contributed by atoms with Crippen LogP contribution in [0.15, 0.2) is 35.4 Å². The zero-order valence-corrected chi connectivity index (χ0v) is 21.6. The largest absolute Gasteiger partial charge is 0.379 e. The topological polar surface area (TPSA) is 124 Å². The Morgan fingerprint density at radius 1 is 1.30 bits per heavy atom. The highest BCUT2D eigenvalue weighted by Crippen LogP contribution is 2.31. The van der Waals surface area contributed by atoms with Crippen molar-refractivity contribution in [1.82, 2.24) is 24.5 Å². The minimum atomic E-state index is -0.238. The quantitative estimate of drug-likeness (QED) is 0.444. The van der Waals surface area contributed by atoms with Crippen LogP contribution in [0.5, 0.6) is 0 Å². The molecule has 1 saturated carbocycles. The molecular weight excluding hydrogens is 474 g/mol. The molecule has 5 rings (SSSR count). The summed E-state index contributed by atoms with van der Waals surface area (Å²) >= 11 is 0. The minimum Gasteiger partial charge on any atom is -0.379 e. The van der Waals surface area contributed by atoms with Gasteiger partial charge in [0.2, 0.25) is 0 Å². The summed E-state index contributed by atoms with van der Waals surface area (Å²) in [5.74, 6) is 0.838. The maximum Gasteiger partial charge on any atom is 0.274 e.